The number of hydrogen-bond acceptors (Lipinski definition) is 4. The first-order valence-electron chi connectivity index (χ1n) is 7.89. The molecule has 0 aliphatic heterocycles. The summed E-state index contributed by atoms with van der Waals surface area (Å²) in [6.45, 7) is 2.04. The van der Waals surface area contributed by atoms with Crippen LogP contribution in [0.2, 0.25) is 0 Å². The Morgan fingerprint density at radius 2 is 1.88 bits per heavy atom. The monoisotopic (exact) mass is 359 g/mol. The lowest BCUT2D eigenvalue weighted by Gasteiger charge is -2.14. The van der Waals surface area contributed by atoms with Gasteiger partial charge in [-0.25, -0.2) is 9.78 Å². The van der Waals surface area contributed by atoms with Crippen LogP contribution in [0.1, 0.15) is 12.5 Å². The molecule has 0 saturated carbocycles. The van der Waals surface area contributed by atoms with Crippen LogP contribution in [0.15, 0.2) is 51.7 Å². The zero-order chi connectivity index (χ0) is 18.5. The minimum absolute atomic E-state index is 0.0270. The average Bonchev–Trinajstić information content (AvgIpc) is 2.59. The topological polar surface area (TPSA) is 52.3 Å². The number of benzene rings is 2. The summed E-state index contributed by atoms with van der Waals surface area (Å²) in [4.78, 5) is 16.7. The number of aromatic nitrogens is 1. The zero-order valence-electron chi connectivity index (χ0n) is 13.6. The van der Waals surface area contributed by atoms with Crippen LogP contribution in [0.4, 0.5) is 13.2 Å². The first kappa shape index (κ1) is 16.4. The fourth-order valence-electron chi connectivity index (χ4n) is 3.09. The summed E-state index contributed by atoms with van der Waals surface area (Å²) in [5.74, 6) is 0.275. The summed E-state index contributed by atoms with van der Waals surface area (Å²) in [5.41, 5.74) is -1.83. The van der Waals surface area contributed by atoms with Gasteiger partial charge < -0.3 is 9.15 Å². The van der Waals surface area contributed by atoms with Crippen LogP contribution in [0.3, 0.4) is 0 Å². The Balaban J connectivity index is 2.27. The lowest BCUT2D eigenvalue weighted by atomic mass is 10.0. The number of halogens is 3. The molecule has 0 amide bonds. The van der Waals surface area contributed by atoms with Crippen molar-refractivity contribution in [3.05, 3.63) is 58.4 Å². The zero-order valence-corrected chi connectivity index (χ0v) is 13.6. The molecule has 4 nitrogen and oxygen atoms in total. The fourth-order valence-corrected chi connectivity index (χ4v) is 3.09. The van der Waals surface area contributed by atoms with E-state index in [1.54, 1.807) is 31.2 Å². The fraction of sp³-hybridized carbons (Fsp3) is 0.158. The number of pyridine rings is 1. The highest BCUT2D eigenvalue weighted by molar-refractivity contribution is 6.08. The largest absolute Gasteiger partial charge is 0.494 e. The summed E-state index contributed by atoms with van der Waals surface area (Å²) in [6, 6.07) is 10.7. The minimum Gasteiger partial charge on any atom is -0.494 e. The quantitative estimate of drug-likeness (QED) is 0.290. The van der Waals surface area contributed by atoms with E-state index < -0.39 is 22.8 Å². The molecule has 7 heteroatoms. The molecule has 2 aromatic carbocycles. The third-order valence-corrected chi connectivity index (χ3v) is 4.10. The molecular formula is C19H12F3NO3. The third-order valence-electron chi connectivity index (χ3n) is 4.10. The summed E-state index contributed by atoms with van der Waals surface area (Å²) >= 11 is 0. The molecule has 132 valence electrons. The molecule has 0 unspecified atom stereocenters. The number of ether oxygens (including phenoxy) is 1. The molecular weight excluding hydrogens is 347 g/mol. The van der Waals surface area contributed by atoms with Crippen molar-refractivity contribution in [2.45, 2.75) is 13.1 Å². The summed E-state index contributed by atoms with van der Waals surface area (Å²) in [6.07, 6.45) is -4.76. The van der Waals surface area contributed by atoms with Gasteiger partial charge in [0.25, 0.3) is 0 Å². The molecule has 0 atom stereocenters. The smallest absolute Gasteiger partial charge is 0.417 e. The van der Waals surface area contributed by atoms with E-state index in [0.717, 1.165) is 0 Å². The maximum atomic E-state index is 13.9. The third kappa shape index (κ3) is 2.47. The summed E-state index contributed by atoms with van der Waals surface area (Å²) in [7, 11) is 0. The van der Waals surface area contributed by atoms with E-state index in [-0.39, 0.29) is 27.8 Å². The lowest BCUT2D eigenvalue weighted by molar-refractivity contribution is -0.135. The Hall–Kier alpha value is -3.09. The Kier molecular flexibility index (Phi) is 3.61. The number of rotatable bonds is 2. The van der Waals surface area contributed by atoms with Gasteiger partial charge in [0.15, 0.2) is 0 Å². The standard InChI is InChI=1S/C19H12F3NO3/c1-2-25-10-7-8-13-12(9-10)16(19(20,21)22)15-17(23-13)11-5-3-4-6-14(11)26-18(15)24/h3-9H,2H2,1H3. The van der Waals surface area contributed by atoms with E-state index in [2.05, 4.69) is 4.98 Å². The van der Waals surface area contributed by atoms with E-state index in [1.165, 1.54) is 18.2 Å². The maximum absolute atomic E-state index is 13.9. The van der Waals surface area contributed by atoms with Gasteiger partial charge in [0.1, 0.15) is 11.3 Å². The predicted octanol–water partition coefficient (Wildman–Crippen LogP) is 4.91. The molecule has 0 radical (unpaired) electrons. The number of hydrogen-bond donors (Lipinski definition) is 0. The van der Waals surface area contributed by atoms with Gasteiger partial charge in [-0.15, -0.1) is 0 Å². The Morgan fingerprint density at radius 3 is 2.62 bits per heavy atom. The van der Waals surface area contributed by atoms with E-state index in [9.17, 15) is 18.0 Å². The van der Waals surface area contributed by atoms with Gasteiger partial charge in [0.05, 0.1) is 28.6 Å². The van der Waals surface area contributed by atoms with Crippen LogP contribution < -0.4 is 10.4 Å². The second-order valence-corrected chi connectivity index (χ2v) is 5.71. The van der Waals surface area contributed by atoms with E-state index in [1.807, 2.05) is 0 Å². The SMILES string of the molecule is CCOc1ccc2nc3c(c(C(F)(F)F)c2c1)c(=O)oc1ccccc13. The van der Waals surface area contributed by atoms with Gasteiger partial charge in [-0.2, -0.15) is 13.2 Å². The van der Waals surface area contributed by atoms with Crippen molar-refractivity contribution in [2.24, 2.45) is 0 Å². The predicted molar refractivity (Wildman–Crippen MR) is 91.5 cm³/mol. The lowest BCUT2D eigenvalue weighted by Crippen LogP contribution is -2.14. The Bertz CT molecular complexity index is 1210. The van der Waals surface area contributed by atoms with Gasteiger partial charge in [0.2, 0.25) is 0 Å². The van der Waals surface area contributed by atoms with Gasteiger partial charge in [-0.1, -0.05) is 12.1 Å². The van der Waals surface area contributed by atoms with Crippen LogP contribution in [0, 0.1) is 0 Å². The van der Waals surface area contributed by atoms with Gasteiger partial charge in [0, 0.05) is 10.8 Å². The molecule has 0 bridgehead atoms. The summed E-state index contributed by atoms with van der Waals surface area (Å²) < 4.78 is 52.1. The Morgan fingerprint density at radius 1 is 1.12 bits per heavy atom. The van der Waals surface area contributed by atoms with Crippen LogP contribution in [-0.4, -0.2) is 11.6 Å². The van der Waals surface area contributed by atoms with Crippen molar-refractivity contribution in [3.8, 4) is 5.75 Å². The second kappa shape index (κ2) is 5.72. The summed E-state index contributed by atoms with van der Waals surface area (Å²) in [5, 5.41) is -0.417. The van der Waals surface area contributed by atoms with E-state index >= 15 is 0 Å². The molecule has 0 saturated heterocycles. The van der Waals surface area contributed by atoms with Crippen molar-refractivity contribution < 1.29 is 22.3 Å². The molecule has 0 aliphatic carbocycles. The first-order chi connectivity index (χ1) is 12.4. The second-order valence-electron chi connectivity index (χ2n) is 5.71. The minimum atomic E-state index is -4.76. The molecule has 2 aromatic heterocycles. The molecule has 4 rings (SSSR count). The number of fused-ring (bicyclic) bond motifs is 4. The molecule has 2 heterocycles. The van der Waals surface area contributed by atoms with Crippen LogP contribution in [0.5, 0.6) is 5.75 Å². The van der Waals surface area contributed by atoms with Crippen molar-refractivity contribution in [1.29, 1.82) is 0 Å². The molecule has 26 heavy (non-hydrogen) atoms. The molecule has 0 N–H and O–H groups in total. The normalized spacial score (nSPS) is 12.2. The molecule has 0 fully saturated rings. The maximum Gasteiger partial charge on any atom is 0.417 e. The Labute approximate surface area is 144 Å². The van der Waals surface area contributed by atoms with Crippen LogP contribution >= 0.6 is 0 Å². The average molecular weight is 359 g/mol. The molecule has 0 spiro atoms. The van der Waals surface area contributed by atoms with Crippen LogP contribution in [-0.2, 0) is 6.18 Å². The molecule has 0 aliphatic rings. The van der Waals surface area contributed by atoms with E-state index in [4.69, 9.17) is 9.15 Å². The van der Waals surface area contributed by atoms with E-state index in [0.29, 0.717) is 12.0 Å². The van der Waals surface area contributed by atoms with Crippen molar-refractivity contribution in [2.75, 3.05) is 6.61 Å². The highest BCUT2D eigenvalue weighted by atomic mass is 19.4. The number of nitrogens with zero attached hydrogens (tertiary/aromatic N) is 1. The number of para-hydroxylation sites is 1. The van der Waals surface area contributed by atoms with Crippen molar-refractivity contribution >= 4 is 32.8 Å². The van der Waals surface area contributed by atoms with Crippen molar-refractivity contribution in [1.82, 2.24) is 4.98 Å². The van der Waals surface area contributed by atoms with Crippen LogP contribution in [0.25, 0.3) is 32.8 Å². The number of alkyl halides is 3. The molecule has 4 aromatic rings. The first-order valence-corrected chi connectivity index (χ1v) is 7.89. The van der Waals surface area contributed by atoms with Gasteiger partial charge in [-0.3, -0.25) is 0 Å². The highest BCUT2D eigenvalue weighted by Crippen LogP contribution is 2.40. The highest BCUT2D eigenvalue weighted by Gasteiger charge is 2.37. The van der Waals surface area contributed by atoms with Crippen molar-refractivity contribution in [3.63, 3.8) is 0 Å². The van der Waals surface area contributed by atoms with Gasteiger partial charge >= 0.3 is 11.8 Å². The van der Waals surface area contributed by atoms with Gasteiger partial charge in [-0.05, 0) is 37.3 Å².